The second kappa shape index (κ2) is 9.20. The van der Waals surface area contributed by atoms with E-state index in [2.05, 4.69) is 10.2 Å². The molecular formula is C26H33N3O3S. The highest BCUT2D eigenvalue weighted by molar-refractivity contribution is 7.89. The van der Waals surface area contributed by atoms with E-state index in [4.69, 9.17) is 0 Å². The molecule has 1 amide bonds. The Labute approximate surface area is 197 Å². The molecule has 0 aromatic heterocycles. The zero-order valence-electron chi connectivity index (χ0n) is 19.2. The molecule has 1 N–H and O–H groups in total. The summed E-state index contributed by atoms with van der Waals surface area (Å²) in [5, 5.41) is 3.25. The molecule has 6 nitrogen and oxygen atoms in total. The predicted octanol–water partition coefficient (Wildman–Crippen LogP) is 3.42. The van der Waals surface area contributed by atoms with E-state index in [1.165, 1.54) is 19.3 Å². The van der Waals surface area contributed by atoms with Gasteiger partial charge >= 0.3 is 0 Å². The summed E-state index contributed by atoms with van der Waals surface area (Å²) in [6.45, 7) is 5.06. The molecule has 33 heavy (non-hydrogen) atoms. The molecule has 1 aliphatic heterocycles. The van der Waals surface area contributed by atoms with Crippen molar-refractivity contribution in [1.29, 1.82) is 0 Å². The highest BCUT2D eigenvalue weighted by atomic mass is 32.2. The first-order valence-corrected chi connectivity index (χ1v) is 13.5. The smallest absolute Gasteiger partial charge is 0.251 e. The molecule has 2 saturated carbocycles. The largest absolute Gasteiger partial charge is 0.349 e. The van der Waals surface area contributed by atoms with Crippen LogP contribution in [0.4, 0.5) is 0 Å². The van der Waals surface area contributed by atoms with Crippen molar-refractivity contribution in [3.8, 4) is 0 Å². The van der Waals surface area contributed by atoms with Gasteiger partial charge in [-0.25, -0.2) is 8.42 Å². The van der Waals surface area contributed by atoms with Gasteiger partial charge in [-0.15, -0.1) is 0 Å². The predicted molar refractivity (Wildman–Crippen MR) is 128 cm³/mol. The van der Waals surface area contributed by atoms with Crippen molar-refractivity contribution in [1.82, 2.24) is 14.5 Å². The number of benzene rings is 2. The number of rotatable bonds is 6. The van der Waals surface area contributed by atoms with Gasteiger partial charge in [-0.3, -0.25) is 9.69 Å². The minimum atomic E-state index is -3.44. The molecular weight excluding hydrogens is 434 g/mol. The highest BCUT2D eigenvalue weighted by Crippen LogP contribution is 2.44. The number of amides is 1. The molecule has 7 heteroatoms. The number of nitrogens with zero attached hydrogens (tertiary/aromatic N) is 2. The summed E-state index contributed by atoms with van der Waals surface area (Å²) >= 11 is 0. The molecule has 0 spiro atoms. The van der Waals surface area contributed by atoms with Gasteiger partial charge in [0.2, 0.25) is 10.0 Å². The monoisotopic (exact) mass is 467 g/mol. The number of hydrogen-bond acceptors (Lipinski definition) is 4. The molecule has 3 unspecified atom stereocenters. The lowest BCUT2D eigenvalue weighted by Crippen LogP contribution is -2.48. The van der Waals surface area contributed by atoms with Crippen LogP contribution in [-0.4, -0.2) is 55.8 Å². The van der Waals surface area contributed by atoms with E-state index in [0.29, 0.717) is 43.0 Å². The van der Waals surface area contributed by atoms with Crippen LogP contribution < -0.4 is 5.32 Å². The van der Waals surface area contributed by atoms with E-state index in [0.717, 1.165) is 35.6 Å². The number of carbonyl (C=O) groups excluding carboxylic acids is 1. The van der Waals surface area contributed by atoms with Crippen molar-refractivity contribution >= 4 is 15.9 Å². The summed E-state index contributed by atoms with van der Waals surface area (Å²) < 4.78 is 27.4. The Morgan fingerprint density at radius 2 is 1.64 bits per heavy atom. The van der Waals surface area contributed by atoms with Crippen LogP contribution in [0.1, 0.15) is 47.2 Å². The third-order valence-electron chi connectivity index (χ3n) is 7.67. The average molecular weight is 468 g/mol. The first-order chi connectivity index (χ1) is 15.9. The van der Waals surface area contributed by atoms with Crippen LogP contribution >= 0.6 is 0 Å². The third-order valence-corrected chi connectivity index (χ3v) is 9.58. The minimum Gasteiger partial charge on any atom is -0.349 e. The van der Waals surface area contributed by atoms with Gasteiger partial charge in [0.1, 0.15) is 0 Å². The van der Waals surface area contributed by atoms with Gasteiger partial charge < -0.3 is 5.32 Å². The Hall–Kier alpha value is -2.22. The van der Waals surface area contributed by atoms with Crippen LogP contribution in [0.5, 0.6) is 0 Å². The summed E-state index contributed by atoms with van der Waals surface area (Å²) in [6.07, 6.45) is 5.01. The Balaban J connectivity index is 1.13. The fourth-order valence-electron chi connectivity index (χ4n) is 5.68. The van der Waals surface area contributed by atoms with Crippen molar-refractivity contribution in [3.05, 3.63) is 65.2 Å². The SMILES string of the molecule is Cc1ccc(S(=O)(=O)N2CCN(Cc3ccc(C(=O)NC4CC5CCC4C5)cc3)CC2)cc1. The molecule has 2 bridgehead atoms. The molecule has 3 fully saturated rings. The summed E-state index contributed by atoms with van der Waals surface area (Å²) in [4.78, 5) is 15.3. The molecule has 0 radical (unpaired) electrons. The lowest BCUT2D eigenvalue weighted by Gasteiger charge is -2.34. The number of sulfonamides is 1. The zero-order valence-corrected chi connectivity index (χ0v) is 20.1. The molecule has 176 valence electrons. The molecule has 3 atom stereocenters. The Morgan fingerprint density at radius 1 is 0.939 bits per heavy atom. The van der Waals surface area contributed by atoms with Crippen molar-refractivity contribution in [2.45, 2.75) is 50.1 Å². The first-order valence-electron chi connectivity index (χ1n) is 12.1. The van der Waals surface area contributed by atoms with Crippen LogP contribution in [0.25, 0.3) is 0 Å². The summed E-state index contributed by atoms with van der Waals surface area (Å²) in [5.74, 6) is 1.52. The lowest BCUT2D eigenvalue weighted by molar-refractivity contribution is 0.0923. The first kappa shape index (κ1) is 22.6. The van der Waals surface area contributed by atoms with Crippen LogP contribution in [0.3, 0.4) is 0 Å². The highest BCUT2D eigenvalue weighted by Gasteiger charge is 2.40. The van der Waals surface area contributed by atoms with Crippen LogP contribution in [0.2, 0.25) is 0 Å². The van der Waals surface area contributed by atoms with Crippen LogP contribution in [0.15, 0.2) is 53.4 Å². The standard InChI is InChI=1S/C26H33N3O3S/c1-19-2-10-24(11-3-19)33(31,32)29-14-12-28(13-15-29)18-20-4-7-22(8-5-20)26(30)27-25-17-21-6-9-23(25)16-21/h2-5,7-8,10-11,21,23,25H,6,9,12-18H2,1H3,(H,27,30). The maximum Gasteiger partial charge on any atom is 0.251 e. The van der Waals surface area contributed by atoms with Crippen molar-refractivity contribution in [3.63, 3.8) is 0 Å². The van der Waals surface area contributed by atoms with E-state index < -0.39 is 10.0 Å². The number of hydrogen-bond donors (Lipinski definition) is 1. The normalized spacial score (nSPS) is 25.9. The molecule has 1 saturated heterocycles. The van der Waals surface area contributed by atoms with Gasteiger partial charge in [0.05, 0.1) is 4.90 Å². The third kappa shape index (κ3) is 4.86. The Morgan fingerprint density at radius 3 is 2.24 bits per heavy atom. The molecule has 3 aliphatic rings. The number of aryl methyl sites for hydroxylation is 1. The Kier molecular flexibility index (Phi) is 6.29. The topological polar surface area (TPSA) is 69.7 Å². The number of carbonyl (C=O) groups is 1. The van der Waals surface area contributed by atoms with Gasteiger partial charge in [0, 0.05) is 44.3 Å². The summed E-state index contributed by atoms with van der Waals surface area (Å²) in [6, 6.07) is 15.3. The number of piperazine rings is 1. The van der Waals surface area contributed by atoms with Crippen LogP contribution in [-0.2, 0) is 16.6 Å². The van der Waals surface area contributed by atoms with Crippen molar-refractivity contribution in [2.75, 3.05) is 26.2 Å². The van der Waals surface area contributed by atoms with E-state index in [9.17, 15) is 13.2 Å². The number of nitrogens with one attached hydrogen (secondary N) is 1. The van der Waals surface area contributed by atoms with Crippen molar-refractivity contribution in [2.24, 2.45) is 11.8 Å². The fourth-order valence-corrected chi connectivity index (χ4v) is 7.10. The van der Waals surface area contributed by atoms with Gasteiger partial charge in [0.25, 0.3) is 5.91 Å². The minimum absolute atomic E-state index is 0.0361. The summed E-state index contributed by atoms with van der Waals surface area (Å²) in [5.41, 5.74) is 2.91. The molecule has 1 heterocycles. The molecule has 2 aromatic carbocycles. The maximum atomic E-state index is 12.9. The average Bonchev–Trinajstić information content (AvgIpc) is 3.44. The van der Waals surface area contributed by atoms with E-state index in [1.54, 1.807) is 16.4 Å². The van der Waals surface area contributed by atoms with E-state index >= 15 is 0 Å². The fraction of sp³-hybridized carbons (Fsp3) is 0.500. The van der Waals surface area contributed by atoms with Gasteiger partial charge in [0.15, 0.2) is 0 Å². The number of fused-ring (bicyclic) bond motifs is 2. The zero-order chi connectivity index (χ0) is 23.0. The van der Waals surface area contributed by atoms with E-state index in [1.807, 2.05) is 43.3 Å². The van der Waals surface area contributed by atoms with Crippen LogP contribution in [0, 0.1) is 18.8 Å². The van der Waals surface area contributed by atoms with Gasteiger partial charge in [-0.1, -0.05) is 36.2 Å². The van der Waals surface area contributed by atoms with Crippen molar-refractivity contribution < 1.29 is 13.2 Å². The molecule has 2 aromatic rings. The summed E-state index contributed by atoms with van der Waals surface area (Å²) in [7, 11) is -3.44. The second-order valence-electron chi connectivity index (χ2n) is 9.95. The molecule has 2 aliphatic carbocycles. The van der Waals surface area contributed by atoms with Gasteiger partial charge in [-0.05, 0) is 67.9 Å². The Bertz CT molecular complexity index is 1090. The second-order valence-corrected chi connectivity index (χ2v) is 11.9. The lowest BCUT2D eigenvalue weighted by atomic mass is 9.95. The molecule has 5 rings (SSSR count). The maximum absolute atomic E-state index is 12.9. The van der Waals surface area contributed by atoms with Gasteiger partial charge in [-0.2, -0.15) is 4.31 Å². The van der Waals surface area contributed by atoms with E-state index in [-0.39, 0.29) is 5.91 Å². The quantitative estimate of drug-likeness (QED) is 0.707.